The van der Waals surface area contributed by atoms with E-state index in [-0.39, 0.29) is 40.7 Å². The molecule has 1 heterocycles. The molecule has 0 radical (unpaired) electrons. The lowest BCUT2D eigenvalue weighted by Crippen LogP contribution is -2.49. The van der Waals surface area contributed by atoms with Gasteiger partial charge >= 0.3 is 0 Å². The number of benzene rings is 4. The van der Waals surface area contributed by atoms with Crippen LogP contribution in [0.4, 0.5) is 5.69 Å². The Balaban J connectivity index is 1.36. The first kappa shape index (κ1) is 33.0. The Kier molecular flexibility index (Phi) is 10.3. The van der Waals surface area contributed by atoms with Gasteiger partial charge in [-0.2, -0.15) is 0 Å². The van der Waals surface area contributed by atoms with Crippen LogP contribution in [0.5, 0.6) is 11.5 Å². The molecule has 46 heavy (non-hydrogen) atoms. The summed E-state index contributed by atoms with van der Waals surface area (Å²) in [4.78, 5) is 17.7. The molecule has 2 N–H and O–H groups in total. The Labute approximate surface area is 271 Å². The van der Waals surface area contributed by atoms with Crippen LogP contribution < -0.4 is 14.2 Å². The fourth-order valence-corrected chi connectivity index (χ4v) is 6.64. The number of aliphatic hydroxyl groups is 1. The summed E-state index contributed by atoms with van der Waals surface area (Å²) < 4.78 is 40.5. The van der Waals surface area contributed by atoms with E-state index >= 15 is 0 Å². The van der Waals surface area contributed by atoms with E-state index in [4.69, 9.17) is 9.47 Å². The van der Waals surface area contributed by atoms with Crippen molar-refractivity contribution in [1.82, 2.24) is 9.80 Å². The third-order valence-corrected chi connectivity index (χ3v) is 9.69. The highest BCUT2D eigenvalue weighted by Gasteiger charge is 2.34. The molecule has 0 unspecified atom stereocenters. The monoisotopic (exact) mass is 643 g/mol. The Bertz CT molecular complexity index is 1730. The number of hydrogen-bond donors (Lipinski definition) is 2. The normalized spacial score (nSPS) is 17.4. The summed E-state index contributed by atoms with van der Waals surface area (Å²) in [6.07, 6.45) is -0.282. The second kappa shape index (κ2) is 14.4. The predicted octanol–water partition coefficient (Wildman–Crippen LogP) is 5.52. The van der Waals surface area contributed by atoms with Gasteiger partial charge in [-0.15, -0.1) is 0 Å². The van der Waals surface area contributed by atoms with Gasteiger partial charge in [0.2, 0.25) is 0 Å². The number of nitrogens with zero attached hydrogens (tertiary/aromatic N) is 2. The predicted molar refractivity (Wildman–Crippen MR) is 180 cm³/mol. The molecule has 10 heteroatoms. The smallest absolute Gasteiger partial charge is 0.261 e. The summed E-state index contributed by atoms with van der Waals surface area (Å²) in [7, 11) is -0.388. The number of nitrogens with one attached hydrogen (secondary N) is 1. The quantitative estimate of drug-likeness (QED) is 0.222. The zero-order chi connectivity index (χ0) is 32.8. The van der Waals surface area contributed by atoms with E-state index in [1.807, 2.05) is 32.2 Å². The topological polar surface area (TPSA) is 108 Å². The molecule has 1 amide bonds. The van der Waals surface area contributed by atoms with Crippen molar-refractivity contribution in [2.24, 2.45) is 5.92 Å². The molecule has 5 rings (SSSR count). The largest absolute Gasteiger partial charge is 0.497 e. The first-order valence-electron chi connectivity index (χ1n) is 15.3. The second-order valence-electron chi connectivity index (χ2n) is 11.9. The number of hydrogen-bond acceptors (Lipinski definition) is 7. The molecule has 0 aromatic heterocycles. The number of rotatable bonds is 11. The molecule has 0 spiro atoms. The third-order valence-electron chi connectivity index (χ3n) is 8.29. The van der Waals surface area contributed by atoms with Crippen LogP contribution in [0.25, 0.3) is 11.1 Å². The van der Waals surface area contributed by atoms with Gasteiger partial charge in [-0.25, -0.2) is 8.42 Å². The number of amides is 1. The Morgan fingerprint density at radius 1 is 1.00 bits per heavy atom. The number of fused-ring (bicyclic) bond motifs is 1. The summed E-state index contributed by atoms with van der Waals surface area (Å²) in [6, 6.07) is 29.1. The highest BCUT2D eigenvalue weighted by Crippen LogP contribution is 2.32. The van der Waals surface area contributed by atoms with Crippen LogP contribution in [0.15, 0.2) is 102 Å². The van der Waals surface area contributed by atoms with Crippen LogP contribution >= 0.6 is 0 Å². The maximum atomic E-state index is 13.8. The lowest BCUT2D eigenvalue weighted by Gasteiger charge is -2.38. The van der Waals surface area contributed by atoms with E-state index in [1.54, 1.807) is 36.1 Å². The van der Waals surface area contributed by atoms with E-state index in [0.29, 0.717) is 31.1 Å². The fourth-order valence-electron chi connectivity index (χ4n) is 5.59. The molecule has 0 fully saturated rings. The lowest BCUT2D eigenvalue weighted by molar-refractivity contribution is 0.0341. The zero-order valence-electron chi connectivity index (χ0n) is 26.6. The van der Waals surface area contributed by atoms with Gasteiger partial charge in [0.05, 0.1) is 30.2 Å². The molecule has 0 saturated carbocycles. The molecule has 4 aromatic carbocycles. The lowest BCUT2D eigenvalue weighted by atomic mass is 9.99. The van der Waals surface area contributed by atoms with Crippen molar-refractivity contribution in [2.75, 3.05) is 38.6 Å². The number of carbonyl (C=O) groups excluding carboxylic acids is 1. The molecule has 242 valence electrons. The first-order chi connectivity index (χ1) is 22.1. The molecular formula is C36H41N3O6S. The Morgan fingerprint density at radius 3 is 2.33 bits per heavy atom. The van der Waals surface area contributed by atoms with Crippen molar-refractivity contribution in [3.63, 3.8) is 0 Å². The SMILES string of the molecule is COc1ccc(S(=O)(=O)Nc2ccc3c(c2)C(=O)N([C@H](C)CO)C[C@@H](C)[C@@H](CN(C)Cc2ccc(-c4ccccc4)cc2)O3)cc1. The number of methoxy groups -OCH3 is 1. The van der Waals surface area contributed by atoms with Crippen molar-refractivity contribution in [2.45, 2.75) is 37.4 Å². The van der Waals surface area contributed by atoms with Crippen molar-refractivity contribution >= 4 is 21.6 Å². The van der Waals surface area contributed by atoms with Crippen molar-refractivity contribution in [1.29, 1.82) is 0 Å². The van der Waals surface area contributed by atoms with Crippen LogP contribution in [-0.2, 0) is 16.6 Å². The minimum atomic E-state index is -3.93. The van der Waals surface area contributed by atoms with Crippen molar-refractivity contribution < 1.29 is 27.8 Å². The van der Waals surface area contributed by atoms with Crippen LogP contribution in [-0.4, -0.2) is 75.2 Å². The minimum absolute atomic E-state index is 0.0535. The van der Waals surface area contributed by atoms with Gasteiger partial charge in [0, 0.05) is 31.2 Å². The molecule has 0 saturated heterocycles. The minimum Gasteiger partial charge on any atom is -0.497 e. The Hall–Kier alpha value is -4.38. The van der Waals surface area contributed by atoms with Gasteiger partial charge in [-0.1, -0.05) is 61.5 Å². The zero-order valence-corrected chi connectivity index (χ0v) is 27.4. The van der Waals surface area contributed by atoms with Crippen molar-refractivity contribution in [3.05, 3.63) is 108 Å². The first-order valence-corrected chi connectivity index (χ1v) is 16.8. The Morgan fingerprint density at radius 2 is 1.67 bits per heavy atom. The summed E-state index contributed by atoms with van der Waals surface area (Å²) in [5, 5.41) is 10.0. The summed E-state index contributed by atoms with van der Waals surface area (Å²) >= 11 is 0. The molecule has 9 nitrogen and oxygen atoms in total. The number of sulfonamides is 1. The standard InChI is InChI=1S/C36H41N3O6S/c1-25-21-39(26(2)24-40)36(41)33-20-30(37-46(42,43)32-17-15-31(44-4)16-18-32)14-19-34(33)45-35(25)23-38(3)22-27-10-12-29(13-11-27)28-8-6-5-7-9-28/h5-20,25-26,35,37,40H,21-24H2,1-4H3/t25-,26-,35-/m1/s1. The van der Waals surface area contributed by atoms with Crippen LogP contribution in [0, 0.1) is 5.92 Å². The van der Waals surface area contributed by atoms with Gasteiger partial charge in [0.25, 0.3) is 15.9 Å². The second-order valence-corrected chi connectivity index (χ2v) is 13.6. The van der Waals surface area contributed by atoms with Crippen LogP contribution in [0.3, 0.4) is 0 Å². The highest BCUT2D eigenvalue weighted by molar-refractivity contribution is 7.92. The molecular weight excluding hydrogens is 602 g/mol. The van der Waals surface area contributed by atoms with Gasteiger partial charge in [0.1, 0.15) is 17.6 Å². The number of ether oxygens (including phenoxy) is 2. The summed E-state index contributed by atoms with van der Waals surface area (Å²) in [5.74, 6) is 0.516. The molecule has 1 aliphatic rings. The van der Waals surface area contributed by atoms with Gasteiger partial charge in [-0.3, -0.25) is 14.4 Å². The van der Waals surface area contributed by atoms with E-state index in [1.165, 1.54) is 36.4 Å². The van der Waals surface area contributed by atoms with Crippen molar-refractivity contribution in [3.8, 4) is 22.6 Å². The molecule has 4 aromatic rings. The molecule has 3 atom stereocenters. The maximum Gasteiger partial charge on any atom is 0.261 e. The van der Waals surface area contributed by atoms with E-state index in [2.05, 4.69) is 46.0 Å². The number of likely N-dealkylation sites (N-methyl/N-ethyl adjacent to an activating group) is 1. The van der Waals surface area contributed by atoms with E-state index in [0.717, 1.165) is 5.56 Å². The highest BCUT2D eigenvalue weighted by atomic mass is 32.2. The van der Waals surface area contributed by atoms with E-state index in [9.17, 15) is 18.3 Å². The average Bonchev–Trinajstić information content (AvgIpc) is 3.07. The van der Waals surface area contributed by atoms with E-state index < -0.39 is 16.1 Å². The average molecular weight is 644 g/mol. The fraction of sp³-hybridized carbons (Fsp3) is 0.306. The number of anilines is 1. The summed E-state index contributed by atoms with van der Waals surface area (Å²) in [5.41, 5.74) is 3.95. The molecule has 0 bridgehead atoms. The van der Waals surface area contributed by atoms with Crippen LogP contribution in [0.1, 0.15) is 29.8 Å². The maximum absolute atomic E-state index is 13.8. The van der Waals surface area contributed by atoms with Gasteiger partial charge in [-0.05, 0) is 73.1 Å². The summed E-state index contributed by atoms with van der Waals surface area (Å²) in [6.45, 7) is 5.29. The molecule has 1 aliphatic heterocycles. The third kappa shape index (κ3) is 7.70. The van der Waals surface area contributed by atoms with Gasteiger partial charge < -0.3 is 19.5 Å². The number of aliphatic hydroxyl groups excluding tert-OH is 1. The van der Waals surface area contributed by atoms with Gasteiger partial charge in [0.15, 0.2) is 0 Å². The number of carbonyl (C=O) groups is 1. The van der Waals surface area contributed by atoms with Crippen LogP contribution in [0.2, 0.25) is 0 Å². The molecule has 0 aliphatic carbocycles.